The van der Waals surface area contributed by atoms with E-state index in [1.807, 2.05) is 27.2 Å². The van der Waals surface area contributed by atoms with Crippen LogP contribution in [0.2, 0.25) is 0 Å². The van der Waals surface area contributed by atoms with Gasteiger partial charge in [0.2, 0.25) is 5.91 Å². The third-order valence-corrected chi connectivity index (χ3v) is 14.1. The number of amides is 1. The first-order valence-corrected chi connectivity index (χ1v) is 32.4. The first-order valence-electron chi connectivity index (χ1n) is 30.9. The quantitative estimate of drug-likeness (QED) is 0.0272. The van der Waals surface area contributed by atoms with E-state index in [1.54, 1.807) is 6.08 Å². The van der Waals surface area contributed by atoms with E-state index < -0.39 is 26.6 Å². The summed E-state index contributed by atoms with van der Waals surface area (Å²) in [5.41, 5.74) is 0. The Labute approximate surface area is 469 Å². The van der Waals surface area contributed by atoms with Crippen molar-refractivity contribution in [2.45, 2.75) is 257 Å². The van der Waals surface area contributed by atoms with Gasteiger partial charge in [-0.25, -0.2) is 0 Å². The number of unbranched alkanes of at least 4 members (excludes halogenated alkanes) is 24. The molecule has 0 radical (unpaired) electrons. The van der Waals surface area contributed by atoms with Crippen molar-refractivity contribution < 1.29 is 32.9 Å². The van der Waals surface area contributed by atoms with Gasteiger partial charge in [0.25, 0.3) is 7.82 Å². The molecular formula is C67H117N2O6P. The number of phosphoric ester groups is 1. The molecule has 0 aliphatic heterocycles. The third-order valence-electron chi connectivity index (χ3n) is 13.2. The van der Waals surface area contributed by atoms with Gasteiger partial charge in [-0.2, -0.15) is 0 Å². The van der Waals surface area contributed by atoms with Crippen LogP contribution in [0.1, 0.15) is 245 Å². The van der Waals surface area contributed by atoms with Gasteiger partial charge in [0.1, 0.15) is 13.2 Å². The fourth-order valence-corrected chi connectivity index (χ4v) is 9.08. The van der Waals surface area contributed by atoms with E-state index in [9.17, 15) is 19.4 Å². The molecule has 0 aliphatic carbocycles. The summed E-state index contributed by atoms with van der Waals surface area (Å²) in [6, 6.07) is -0.910. The van der Waals surface area contributed by atoms with Gasteiger partial charge in [0.05, 0.1) is 39.9 Å². The van der Waals surface area contributed by atoms with E-state index >= 15 is 0 Å². The highest BCUT2D eigenvalue weighted by atomic mass is 31.2. The van der Waals surface area contributed by atoms with Crippen LogP contribution in [-0.2, 0) is 18.4 Å². The highest BCUT2D eigenvalue weighted by molar-refractivity contribution is 7.45. The molecule has 0 aromatic rings. The van der Waals surface area contributed by atoms with E-state index in [2.05, 4.69) is 129 Å². The molecule has 0 fully saturated rings. The van der Waals surface area contributed by atoms with Gasteiger partial charge in [-0.05, 0) is 96.3 Å². The van der Waals surface area contributed by atoms with E-state index in [1.165, 1.54) is 135 Å². The lowest BCUT2D eigenvalue weighted by atomic mass is 10.0. The summed E-state index contributed by atoms with van der Waals surface area (Å²) >= 11 is 0. The van der Waals surface area contributed by atoms with Gasteiger partial charge in [-0.15, -0.1) is 0 Å². The number of aliphatic hydroxyl groups excluding tert-OH is 1. The SMILES string of the molecule is CC/C=C\C/C=C\C/C=C\C/C=C\C/C=C\C/C=C\C/C=C\C/C=C\CCCCCCCCCCCCCCCCC(=O)NC(COP(=O)([O-])OCC[N+](C)(C)C)C(O)/C=C/CC/C=C/CCCCCCCCCCC. The third kappa shape index (κ3) is 58.6. The highest BCUT2D eigenvalue weighted by Gasteiger charge is 2.23. The topological polar surface area (TPSA) is 108 Å². The Morgan fingerprint density at radius 1 is 0.474 bits per heavy atom. The standard InChI is InChI=1S/C67H117N2O6P/c1-6-8-10-12-14-16-18-20-22-23-24-25-26-27-28-29-30-31-32-33-34-35-36-37-38-39-40-41-42-43-44-45-47-49-51-53-55-57-59-61-67(71)68-65(64-75-76(72,73)74-63-62-69(3,4)5)66(70)60-58-56-54-52-50-48-46-21-19-17-15-13-11-9-7-2/h8,10,14,16,20,22,24-25,27-28,30-31,33-34,36-37,50,52,58,60,65-66,70H,6-7,9,11-13,15,17-19,21,23,26,29,32,35,38-49,51,53-57,59,61-64H2,1-5H3,(H-,68,71,72,73)/b10-8-,16-14-,22-20-,25-24-,28-27-,31-30-,34-33-,37-36-,52-50+,60-58+. The van der Waals surface area contributed by atoms with E-state index in [-0.39, 0.29) is 12.5 Å². The van der Waals surface area contributed by atoms with Gasteiger partial charge in [0, 0.05) is 6.42 Å². The van der Waals surface area contributed by atoms with Crippen LogP contribution in [0.15, 0.2) is 122 Å². The van der Waals surface area contributed by atoms with Gasteiger partial charge in [0.15, 0.2) is 0 Å². The van der Waals surface area contributed by atoms with Gasteiger partial charge in [-0.3, -0.25) is 9.36 Å². The summed E-state index contributed by atoms with van der Waals surface area (Å²) in [5.74, 6) is -0.212. The number of carbonyl (C=O) groups is 1. The monoisotopic (exact) mass is 1080 g/mol. The van der Waals surface area contributed by atoms with Crippen LogP contribution >= 0.6 is 7.82 Å². The number of nitrogens with zero attached hydrogens (tertiary/aromatic N) is 1. The van der Waals surface area contributed by atoms with E-state index in [0.717, 1.165) is 89.9 Å². The fourth-order valence-electron chi connectivity index (χ4n) is 8.36. The molecule has 0 spiro atoms. The summed E-state index contributed by atoms with van der Waals surface area (Å²) in [6.45, 7) is 4.50. The molecule has 0 bridgehead atoms. The molecule has 76 heavy (non-hydrogen) atoms. The second-order valence-corrected chi connectivity index (χ2v) is 23.1. The number of hydrogen-bond acceptors (Lipinski definition) is 6. The second-order valence-electron chi connectivity index (χ2n) is 21.7. The summed E-state index contributed by atoms with van der Waals surface area (Å²) in [7, 11) is 1.23. The molecule has 0 saturated carbocycles. The molecule has 8 nitrogen and oxygen atoms in total. The van der Waals surface area contributed by atoms with Crippen LogP contribution in [0.25, 0.3) is 0 Å². The average molecular weight is 1080 g/mol. The Hall–Kier alpha value is -3.10. The molecule has 2 N–H and O–H groups in total. The number of likely N-dealkylation sites (N-methyl/N-ethyl adjacent to an activating group) is 1. The van der Waals surface area contributed by atoms with Crippen molar-refractivity contribution in [1.82, 2.24) is 5.32 Å². The predicted octanol–water partition coefficient (Wildman–Crippen LogP) is 18.7. The maximum Gasteiger partial charge on any atom is 0.268 e. The van der Waals surface area contributed by atoms with Crippen molar-refractivity contribution in [3.63, 3.8) is 0 Å². The number of rotatable bonds is 55. The highest BCUT2D eigenvalue weighted by Crippen LogP contribution is 2.38. The van der Waals surface area contributed by atoms with E-state index in [4.69, 9.17) is 9.05 Å². The van der Waals surface area contributed by atoms with Gasteiger partial charge >= 0.3 is 0 Å². The maximum absolute atomic E-state index is 13.0. The molecule has 0 saturated heterocycles. The zero-order chi connectivity index (χ0) is 55.6. The number of nitrogens with one attached hydrogen (secondary N) is 1. The Kier molecular flexibility index (Phi) is 54.3. The number of hydrogen-bond donors (Lipinski definition) is 2. The molecule has 0 aromatic carbocycles. The Bertz CT molecular complexity index is 1650. The number of allylic oxidation sites excluding steroid dienone is 19. The zero-order valence-electron chi connectivity index (χ0n) is 49.7. The minimum absolute atomic E-state index is 0.0107. The molecule has 3 atom stereocenters. The van der Waals surface area contributed by atoms with E-state index in [0.29, 0.717) is 17.4 Å². The molecule has 0 heterocycles. The van der Waals surface area contributed by atoms with Crippen molar-refractivity contribution in [2.24, 2.45) is 0 Å². The van der Waals surface area contributed by atoms with Gasteiger partial charge < -0.3 is 28.8 Å². The van der Waals surface area contributed by atoms with Crippen LogP contribution in [0, 0.1) is 0 Å². The number of aliphatic hydroxyl groups is 1. The van der Waals surface area contributed by atoms with Crippen LogP contribution in [0.4, 0.5) is 0 Å². The lowest BCUT2D eigenvalue weighted by molar-refractivity contribution is -0.870. The number of carbonyl (C=O) groups excluding carboxylic acids is 1. The Morgan fingerprint density at radius 3 is 1.22 bits per heavy atom. The smallest absolute Gasteiger partial charge is 0.268 e. The molecule has 3 unspecified atom stereocenters. The molecule has 0 aliphatic rings. The molecule has 0 rings (SSSR count). The minimum Gasteiger partial charge on any atom is -0.756 e. The molecule has 0 aromatic heterocycles. The molecule has 1 amide bonds. The summed E-state index contributed by atoms with van der Waals surface area (Å²) in [5, 5.41) is 13.8. The molecular weight excluding hydrogens is 960 g/mol. The van der Waals surface area contributed by atoms with Crippen LogP contribution < -0.4 is 10.2 Å². The van der Waals surface area contributed by atoms with Crippen molar-refractivity contribution in [1.29, 1.82) is 0 Å². The minimum atomic E-state index is -4.61. The van der Waals surface area contributed by atoms with Crippen LogP contribution in [0.5, 0.6) is 0 Å². The second kappa shape index (κ2) is 56.6. The lowest BCUT2D eigenvalue weighted by Crippen LogP contribution is -2.45. The summed E-state index contributed by atoms with van der Waals surface area (Å²) < 4.78 is 23.3. The predicted molar refractivity (Wildman–Crippen MR) is 329 cm³/mol. The largest absolute Gasteiger partial charge is 0.756 e. The lowest BCUT2D eigenvalue weighted by Gasteiger charge is -2.29. The van der Waals surface area contributed by atoms with Crippen LogP contribution in [-0.4, -0.2) is 68.5 Å². The van der Waals surface area contributed by atoms with Crippen molar-refractivity contribution >= 4 is 13.7 Å². The van der Waals surface area contributed by atoms with Crippen molar-refractivity contribution in [2.75, 3.05) is 40.9 Å². The molecule has 9 heteroatoms. The number of quaternary nitrogens is 1. The summed E-state index contributed by atoms with van der Waals surface area (Å²) in [6.07, 6.45) is 84.4. The molecule has 436 valence electrons. The fraction of sp³-hybridized carbons (Fsp3) is 0.687. The number of phosphoric acid groups is 1. The van der Waals surface area contributed by atoms with Gasteiger partial charge in [-0.1, -0.05) is 264 Å². The maximum atomic E-state index is 13.0. The van der Waals surface area contributed by atoms with Crippen molar-refractivity contribution in [3.8, 4) is 0 Å². The first-order chi connectivity index (χ1) is 37.0. The zero-order valence-corrected chi connectivity index (χ0v) is 50.6. The summed E-state index contributed by atoms with van der Waals surface area (Å²) in [4.78, 5) is 25.5. The normalized spacial score (nSPS) is 14.7. The van der Waals surface area contributed by atoms with Crippen LogP contribution in [0.3, 0.4) is 0 Å². The first kappa shape index (κ1) is 72.9. The Balaban J connectivity index is 4.07. The van der Waals surface area contributed by atoms with Crippen molar-refractivity contribution in [3.05, 3.63) is 122 Å². The Morgan fingerprint density at radius 2 is 0.816 bits per heavy atom. The average Bonchev–Trinajstić information content (AvgIpc) is 3.38.